The van der Waals surface area contributed by atoms with E-state index in [1.165, 1.54) is 25.4 Å². The van der Waals surface area contributed by atoms with Crippen molar-refractivity contribution in [2.45, 2.75) is 19.9 Å². The molecule has 186 valence electrons. The molecule has 0 aliphatic carbocycles. The highest BCUT2D eigenvalue weighted by Gasteiger charge is 2.20. The average Bonchev–Trinajstić information content (AvgIpc) is 2.77. The Morgan fingerprint density at radius 2 is 1.94 bits per heavy atom. The fraction of sp³-hybridized carbons (Fsp3) is 0.250. The van der Waals surface area contributed by atoms with Crippen LogP contribution in [0, 0.1) is 11.3 Å². The minimum atomic E-state index is -0.903. The normalized spacial score (nSPS) is 11.2. The van der Waals surface area contributed by atoms with Gasteiger partial charge in [0, 0.05) is 23.4 Å². The fourth-order valence-electron chi connectivity index (χ4n) is 2.27. The lowest BCUT2D eigenvalue weighted by atomic mass is 10.2. The number of carbonyl (C=O) groups is 3. The maximum Gasteiger partial charge on any atom is 0.321 e. The lowest BCUT2D eigenvalue weighted by Gasteiger charge is -2.15. The zero-order valence-corrected chi connectivity index (χ0v) is 22.4. The van der Waals surface area contributed by atoms with Gasteiger partial charge in [0.25, 0.3) is 11.8 Å². The summed E-state index contributed by atoms with van der Waals surface area (Å²) in [5.74, 6) is -1.34. The minimum Gasteiger partial charge on any atom is -0.398 e. The van der Waals surface area contributed by atoms with Crippen LogP contribution in [0.1, 0.15) is 35.9 Å². The van der Waals surface area contributed by atoms with Crippen molar-refractivity contribution in [3.63, 3.8) is 0 Å². The molecule has 1 atom stereocenters. The van der Waals surface area contributed by atoms with Gasteiger partial charge in [-0.2, -0.15) is 5.26 Å². The summed E-state index contributed by atoms with van der Waals surface area (Å²) >= 11 is 21.3. The van der Waals surface area contributed by atoms with Gasteiger partial charge in [-0.25, -0.2) is 9.78 Å². The number of amides is 4. The van der Waals surface area contributed by atoms with Crippen LogP contribution in [-0.4, -0.2) is 47.2 Å². The Morgan fingerprint density at radius 1 is 1.26 bits per heavy atom. The summed E-state index contributed by atoms with van der Waals surface area (Å²) in [7, 11) is 1.19. The van der Waals surface area contributed by atoms with Gasteiger partial charge in [-0.15, -0.1) is 0 Å². The fourth-order valence-corrected chi connectivity index (χ4v) is 3.59. The lowest BCUT2D eigenvalue weighted by molar-refractivity contribution is -0.113. The number of halogens is 4. The second-order valence-corrected chi connectivity index (χ2v) is 8.31. The molecule has 0 aliphatic heterocycles. The Hall–Kier alpha value is -2.98. The number of pyridine rings is 2. The number of rotatable bonds is 6. The first-order chi connectivity index (χ1) is 16.5. The highest BCUT2D eigenvalue weighted by molar-refractivity contribution is 9.10. The Kier molecular flexibility index (Phi) is 13.0. The number of aromatic nitrogens is 2. The summed E-state index contributed by atoms with van der Waals surface area (Å²) in [5, 5.41) is 19.2. The lowest BCUT2D eigenvalue weighted by Crippen LogP contribution is -2.42. The molecule has 0 fully saturated rings. The highest BCUT2D eigenvalue weighted by atomic mass is 79.9. The van der Waals surface area contributed by atoms with Crippen LogP contribution in [0.15, 0.2) is 34.2 Å². The second-order valence-electron chi connectivity index (χ2n) is 6.22. The molecule has 35 heavy (non-hydrogen) atoms. The van der Waals surface area contributed by atoms with E-state index < -0.39 is 29.6 Å². The first-order valence-electron chi connectivity index (χ1n) is 9.57. The van der Waals surface area contributed by atoms with Crippen LogP contribution < -0.4 is 16.0 Å². The Bertz CT molecular complexity index is 1140. The topological polar surface area (TPSA) is 158 Å². The number of urea groups is 1. The van der Waals surface area contributed by atoms with E-state index in [4.69, 9.17) is 40.1 Å². The summed E-state index contributed by atoms with van der Waals surface area (Å²) < 4.78 is 0.758. The van der Waals surface area contributed by atoms with Gasteiger partial charge in [0.1, 0.15) is 18.3 Å². The van der Waals surface area contributed by atoms with Crippen LogP contribution in [0.5, 0.6) is 0 Å². The number of hydrogen-bond acceptors (Lipinski definition) is 8. The summed E-state index contributed by atoms with van der Waals surface area (Å²) in [6.07, 6.45) is 3.03. The van der Waals surface area contributed by atoms with Crippen molar-refractivity contribution in [2.24, 2.45) is 5.16 Å². The van der Waals surface area contributed by atoms with Crippen LogP contribution in [-0.2, 0) is 9.63 Å². The van der Waals surface area contributed by atoms with Gasteiger partial charge in [0.15, 0.2) is 0 Å². The molecule has 0 saturated carbocycles. The van der Waals surface area contributed by atoms with E-state index in [-0.39, 0.29) is 15.7 Å². The Balaban J connectivity index is 0.000000383. The molecular formula is C20H19BrCl3N7O4. The molecular weight excluding hydrogens is 589 g/mol. The van der Waals surface area contributed by atoms with E-state index in [1.807, 2.05) is 5.32 Å². The van der Waals surface area contributed by atoms with E-state index >= 15 is 0 Å². The van der Waals surface area contributed by atoms with Crippen molar-refractivity contribution >= 4 is 74.3 Å². The molecule has 0 aromatic carbocycles. The standard InChI is InChI=1S/C13H9BrCl3N3O.C7H10N4O3/c1-6(11-9(16)4-7(14)5-19-11)20-13(21)10-8(15)2-3-18-12(10)17;1-3-9-7(13)10-6(12)5(4-8)11-14-2/h2-6H,1H3,(H,20,21);3H2,1-2H3,(H2,9,10,12,13)/b;11-5+. The Labute approximate surface area is 224 Å². The van der Waals surface area contributed by atoms with Gasteiger partial charge in [0.2, 0.25) is 5.71 Å². The van der Waals surface area contributed by atoms with Gasteiger partial charge in [-0.1, -0.05) is 40.0 Å². The molecule has 3 N–H and O–H groups in total. The third-order valence-corrected chi connectivity index (χ3v) is 5.08. The van der Waals surface area contributed by atoms with E-state index in [9.17, 15) is 14.4 Å². The third-order valence-electron chi connectivity index (χ3n) is 3.74. The van der Waals surface area contributed by atoms with E-state index in [0.717, 1.165) is 4.47 Å². The van der Waals surface area contributed by atoms with Crippen molar-refractivity contribution in [2.75, 3.05) is 13.7 Å². The van der Waals surface area contributed by atoms with Crippen LogP contribution in [0.25, 0.3) is 0 Å². The van der Waals surface area contributed by atoms with Crippen LogP contribution in [0.3, 0.4) is 0 Å². The molecule has 1 unspecified atom stereocenters. The quantitative estimate of drug-likeness (QED) is 0.254. The van der Waals surface area contributed by atoms with Gasteiger partial charge in [-0.3, -0.25) is 19.9 Å². The molecule has 0 aliphatic rings. The Morgan fingerprint density at radius 3 is 2.49 bits per heavy atom. The van der Waals surface area contributed by atoms with Crippen molar-refractivity contribution in [1.82, 2.24) is 25.9 Å². The number of carbonyl (C=O) groups excluding carboxylic acids is 3. The summed E-state index contributed by atoms with van der Waals surface area (Å²) in [4.78, 5) is 46.4. The molecule has 2 rings (SSSR count). The molecule has 0 radical (unpaired) electrons. The molecule has 0 bridgehead atoms. The van der Waals surface area contributed by atoms with Gasteiger partial charge in [0.05, 0.1) is 27.3 Å². The van der Waals surface area contributed by atoms with Crippen LogP contribution >= 0.6 is 50.7 Å². The van der Waals surface area contributed by atoms with Crippen molar-refractivity contribution < 1.29 is 19.2 Å². The zero-order chi connectivity index (χ0) is 26.5. The predicted molar refractivity (Wildman–Crippen MR) is 134 cm³/mol. The van der Waals surface area contributed by atoms with E-state index in [2.05, 4.69) is 46.5 Å². The summed E-state index contributed by atoms with van der Waals surface area (Å²) in [5.41, 5.74) is 0.157. The SMILES string of the molecule is CC(NC(=O)c1c(Cl)ccnc1Cl)c1ncc(Br)cc1Cl.CCNC(=O)NC(=O)/C(C#N)=N/OC. The van der Waals surface area contributed by atoms with Crippen molar-refractivity contribution in [3.05, 3.63) is 55.5 Å². The maximum absolute atomic E-state index is 12.2. The number of hydrogen-bond donors (Lipinski definition) is 3. The zero-order valence-electron chi connectivity index (χ0n) is 18.5. The molecule has 0 saturated heterocycles. The average molecular weight is 608 g/mol. The number of nitriles is 1. The largest absolute Gasteiger partial charge is 0.398 e. The molecule has 2 aromatic rings. The van der Waals surface area contributed by atoms with Crippen LogP contribution in [0.4, 0.5) is 4.79 Å². The molecule has 15 heteroatoms. The number of nitrogens with zero attached hydrogens (tertiary/aromatic N) is 4. The third kappa shape index (κ3) is 9.65. The second kappa shape index (κ2) is 15.1. The first-order valence-corrected chi connectivity index (χ1v) is 11.5. The molecule has 2 aromatic heterocycles. The first kappa shape index (κ1) is 30.1. The smallest absolute Gasteiger partial charge is 0.321 e. The number of oxime groups is 1. The molecule has 0 spiro atoms. The number of nitrogens with one attached hydrogen (secondary N) is 3. The molecule has 4 amide bonds. The van der Waals surface area contributed by atoms with Gasteiger partial charge < -0.3 is 15.5 Å². The summed E-state index contributed by atoms with van der Waals surface area (Å²) in [6, 6.07) is 3.59. The number of imide groups is 1. The predicted octanol–water partition coefficient (Wildman–Crippen LogP) is 4.05. The van der Waals surface area contributed by atoms with Crippen LogP contribution in [0.2, 0.25) is 15.2 Å². The molecule has 2 heterocycles. The van der Waals surface area contributed by atoms with E-state index in [0.29, 0.717) is 17.3 Å². The van der Waals surface area contributed by atoms with Crippen molar-refractivity contribution in [1.29, 1.82) is 5.26 Å². The maximum atomic E-state index is 12.2. The van der Waals surface area contributed by atoms with Crippen molar-refractivity contribution in [3.8, 4) is 6.07 Å². The van der Waals surface area contributed by atoms with E-state index in [1.54, 1.807) is 26.1 Å². The molecule has 11 nitrogen and oxygen atoms in total. The monoisotopic (exact) mass is 605 g/mol. The minimum absolute atomic E-state index is 0.0436. The summed E-state index contributed by atoms with van der Waals surface area (Å²) in [6.45, 7) is 3.83. The highest BCUT2D eigenvalue weighted by Crippen LogP contribution is 2.26. The van der Waals surface area contributed by atoms with Gasteiger partial charge in [-0.05, 0) is 41.9 Å². The van der Waals surface area contributed by atoms with Gasteiger partial charge >= 0.3 is 6.03 Å².